The first-order valence-electron chi connectivity index (χ1n) is 5.17. The Hall–Kier alpha value is -0.870. The summed E-state index contributed by atoms with van der Waals surface area (Å²) >= 11 is 6.99. The Labute approximate surface area is 116 Å². The Morgan fingerprint density at radius 2 is 1.94 bits per heavy atom. The summed E-state index contributed by atoms with van der Waals surface area (Å²) in [5.74, 6) is -0.777. The zero-order valence-corrected chi connectivity index (χ0v) is 12.1. The van der Waals surface area contributed by atoms with Crippen LogP contribution in [0.3, 0.4) is 0 Å². The monoisotopic (exact) mass is 356 g/mol. The summed E-state index contributed by atoms with van der Waals surface area (Å²) < 4.78 is 1.90. The van der Waals surface area contributed by atoms with Crippen LogP contribution in [-0.2, 0) is 11.2 Å². The maximum atomic E-state index is 10.7. The highest BCUT2D eigenvalue weighted by Crippen LogP contribution is 2.34. The number of fused-ring (bicyclic) bond motifs is 1. The molecule has 2 aromatic carbocycles. The molecule has 1 N–H and O–H groups in total. The van der Waals surface area contributed by atoms with Crippen molar-refractivity contribution in [2.45, 2.75) is 12.8 Å². The number of aryl methyl sites for hydroxylation is 1. The van der Waals surface area contributed by atoms with Crippen LogP contribution in [-0.4, -0.2) is 11.1 Å². The summed E-state index contributed by atoms with van der Waals surface area (Å²) in [4.78, 5) is 10.7. The van der Waals surface area contributed by atoms with Gasteiger partial charge in [-0.1, -0.05) is 24.3 Å². The van der Waals surface area contributed by atoms with E-state index in [1.807, 2.05) is 30.3 Å². The van der Waals surface area contributed by atoms with E-state index in [9.17, 15) is 4.79 Å². The van der Waals surface area contributed by atoms with Crippen LogP contribution in [0.5, 0.6) is 0 Å². The van der Waals surface area contributed by atoms with Gasteiger partial charge in [-0.05, 0) is 60.7 Å². The average Bonchev–Trinajstić information content (AvgIpc) is 2.29. The van der Waals surface area contributed by atoms with E-state index < -0.39 is 5.97 Å². The summed E-state index contributed by atoms with van der Waals surface area (Å²) in [6.45, 7) is 0. The molecule has 0 aliphatic heterocycles. The Balaban J connectivity index is 2.57. The smallest absolute Gasteiger partial charge is 0.303 e. The van der Waals surface area contributed by atoms with Crippen LogP contribution in [0.4, 0.5) is 0 Å². The fraction of sp³-hybridized carbons (Fsp3) is 0.154. The van der Waals surface area contributed by atoms with Gasteiger partial charge in [-0.3, -0.25) is 4.79 Å². The first-order chi connectivity index (χ1) is 8.09. The molecular weight excluding hydrogens is 348 g/mol. The Bertz CT molecular complexity index is 579. The number of halogens is 2. The first-order valence-corrected chi connectivity index (χ1v) is 6.75. The molecule has 0 saturated heterocycles. The van der Waals surface area contributed by atoms with Crippen molar-refractivity contribution < 1.29 is 9.90 Å². The molecule has 2 aromatic rings. The second-order valence-corrected chi connectivity index (χ2v) is 5.41. The molecule has 0 aliphatic carbocycles. The molecule has 4 heteroatoms. The van der Waals surface area contributed by atoms with Gasteiger partial charge in [0.2, 0.25) is 0 Å². The van der Waals surface area contributed by atoms with Crippen molar-refractivity contribution in [2.24, 2.45) is 0 Å². The molecule has 0 amide bonds. The quantitative estimate of drug-likeness (QED) is 0.884. The normalized spacial score (nSPS) is 10.7. The number of carboxylic acid groups (broad SMARTS) is 1. The maximum absolute atomic E-state index is 10.7. The second kappa shape index (κ2) is 5.19. The Morgan fingerprint density at radius 1 is 1.24 bits per heavy atom. The van der Waals surface area contributed by atoms with Crippen LogP contribution in [0.25, 0.3) is 10.8 Å². The molecule has 17 heavy (non-hydrogen) atoms. The highest BCUT2D eigenvalue weighted by molar-refractivity contribution is 9.13. The van der Waals surface area contributed by atoms with E-state index in [0.717, 1.165) is 25.3 Å². The molecule has 0 aromatic heterocycles. The van der Waals surface area contributed by atoms with Crippen molar-refractivity contribution in [3.05, 3.63) is 44.8 Å². The highest BCUT2D eigenvalue weighted by atomic mass is 79.9. The lowest BCUT2D eigenvalue weighted by atomic mass is 10.0. The maximum Gasteiger partial charge on any atom is 0.303 e. The van der Waals surface area contributed by atoms with Gasteiger partial charge >= 0.3 is 5.97 Å². The molecular formula is C13H10Br2O2. The van der Waals surface area contributed by atoms with Gasteiger partial charge in [0.05, 0.1) is 0 Å². The van der Waals surface area contributed by atoms with Crippen LogP contribution in [0.2, 0.25) is 0 Å². The molecule has 88 valence electrons. The van der Waals surface area contributed by atoms with Gasteiger partial charge in [-0.2, -0.15) is 0 Å². The molecule has 0 aliphatic rings. The number of hydrogen-bond acceptors (Lipinski definition) is 1. The van der Waals surface area contributed by atoms with E-state index in [1.54, 1.807) is 0 Å². The topological polar surface area (TPSA) is 37.3 Å². The summed E-state index contributed by atoms with van der Waals surface area (Å²) in [5, 5.41) is 11.0. The van der Waals surface area contributed by atoms with E-state index in [0.29, 0.717) is 6.42 Å². The minimum Gasteiger partial charge on any atom is -0.481 e. The van der Waals surface area contributed by atoms with Gasteiger partial charge in [-0.15, -0.1) is 0 Å². The first kappa shape index (κ1) is 12.6. The fourth-order valence-electron chi connectivity index (χ4n) is 1.84. The molecule has 0 radical (unpaired) electrons. The zero-order valence-electron chi connectivity index (χ0n) is 8.91. The van der Waals surface area contributed by atoms with Gasteiger partial charge in [0.1, 0.15) is 0 Å². The van der Waals surface area contributed by atoms with Crippen LogP contribution in [0.15, 0.2) is 39.3 Å². The predicted molar refractivity (Wildman–Crippen MR) is 75.3 cm³/mol. The lowest BCUT2D eigenvalue weighted by Crippen LogP contribution is -1.99. The lowest BCUT2D eigenvalue weighted by molar-refractivity contribution is -0.136. The van der Waals surface area contributed by atoms with Crippen molar-refractivity contribution in [3.8, 4) is 0 Å². The van der Waals surface area contributed by atoms with E-state index in [1.165, 1.54) is 0 Å². The van der Waals surface area contributed by atoms with E-state index in [-0.39, 0.29) is 6.42 Å². The molecule has 0 heterocycles. The van der Waals surface area contributed by atoms with Crippen molar-refractivity contribution in [3.63, 3.8) is 0 Å². The number of aliphatic carboxylic acids is 1. The molecule has 0 bridgehead atoms. The van der Waals surface area contributed by atoms with Gasteiger partial charge < -0.3 is 5.11 Å². The highest BCUT2D eigenvalue weighted by Gasteiger charge is 2.11. The van der Waals surface area contributed by atoms with Crippen molar-refractivity contribution in [1.29, 1.82) is 0 Å². The summed E-state index contributed by atoms with van der Waals surface area (Å²) in [7, 11) is 0. The van der Waals surface area contributed by atoms with Crippen LogP contribution in [0.1, 0.15) is 12.0 Å². The third-order valence-corrected chi connectivity index (χ3v) is 4.69. The minimum absolute atomic E-state index is 0.138. The van der Waals surface area contributed by atoms with Crippen LogP contribution >= 0.6 is 31.9 Å². The molecule has 2 nitrogen and oxygen atoms in total. The number of benzene rings is 2. The van der Waals surface area contributed by atoms with Gasteiger partial charge in [0.25, 0.3) is 0 Å². The lowest BCUT2D eigenvalue weighted by Gasteiger charge is -2.10. The molecule has 0 atom stereocenters. The number of rotatable bonds is 3. The molecule has 0 spiro atoms. The van der Waals surface area contributed by atoms with E-state index in [2.05, 4.69) is 31.9 Å². The standard InChI is InChI=1S/C13H10Br2O2/c14-11-7-8-3-1-2-4-9(8)10(13(11)15)5-6-12(16)17/h1-4,7H,5-6H2,(H,16,17). The Morgan fingerprint density at radius 3 is 2.65 bits per heavy atom. The van der Waals surface area contributed by atoms with Crippen LogP contribution in [0, 0.1) is 0 Å². The van der Waals surface area contributed by atoms with Gasteiger partial charge in [-0.25, -0.2) is 0 Å². The number of carbonyl (C=O) groups is 1. The average molecular weight is 358 g/mol. The zero-order chi connectivity index (χ0) is 12.4. The van der Waals surface area contributed by atoms with Gasteiger partial charge in [0, 0.05) is 15.4 Å². The molecule has 0 fully saturated rings. The third-order valence-electron chi connectivity index (χ3n) is 2.63. The van der Waals surface area contributed by atoms with Crippen LogP contribution < -0.4 is 0 Å². The van der Waals surface area contributed by atoms with Crippen molar-refractivity contribution >= 4 is 48.6 Å². The molecule has 2 rings (SSSR count). The minimum atomic E-state index is -0.777. The summed E-state index contributed by atoms with van der Waals surface area (Å²) in [6.07, 6.45) is 0.662. The van der Waals surface area contributed by atoms with Crippen molar-refractivity contribution in [2.75, 3.05) is 0 Å². The second-order valence-electron chi connectivity index (χ2n) is 3.77. The SMILES string of the molecule is O=C(O)CCc1c(Br)c(Br)cc2ccccc12. The third kappa shape index (κ3) is 2.69. The summed E-state index contributed by atoms with van der Waals surface area (Å²) in [6, 6.07) is 10.0. The largest absolute Gasteiger partial charge is 0.481 e. The van der Waals surface area contributed by atoms with Crippen molar-refractivity contribution in [1.82, 2.24) is 0 Å². The van der Waals surface area contributed by atoms with Gasteiger partial charge in [0.15, 0.2) is 0 Å². The molecule has 0 unspecified atom stereocenters. The number of hydrogen-bond donors (Lipinski definition) is 1. The Kier molecular flexibility index (Phi) is 3.84. The molecule has 0 saturated carbocycles. The van der Waals surface area contributed by atoms with E-state index in [4.69, 9.17) is 5.11 Å². The predicted octanol–water partition coefficient (Wildman–Crippen LogP) is 4.38. The van der Waals surface area contributed by atoms with E-state index >= 15 is 0 Å². The fourth-order valence-corrected chi connectivity index (χ4v) is 2.85. The summed E-state index contributed by atoms with van der Waals surface area (Å²) in [5.41, 5.74) is 1.04. The number of carboxylic acids is 1.